The number of hydrogen-bond donors (Lipinski definition) is 2. The number of ether oxygens (including phenoxy) is 2. The molecule has 3 unspecified atom stereocenters. The molecule has 5 rings (SSSR count). The molecule has 2 amide bonds. The average molecular weight is 479 g/mol. The van der Waals surface area contributed by atoms with Gasteiger partial charge in [-0.05, 0) is 41.0 Å². The zero-order valence-electron chi connectivity index (χ0n) is 19.7. The predicted molar refractivity (Wildman–Crippen MR) is 128 cm³/mol. The van der Waals surface area contributed by atoms with Crippen molar-refractivity contribution in [1.29, 1.82) is 0 Å². The number of nitrogens with zero attached hydrogens (tertiary/aromatic N) is 1. The zero-order valence-corrected chi connectivity index (χ0v) is 19.7. The van der Waals surface area contributed by atoms with Crippen molar-refractivity contribution in [2.75, 3.05) is 26.9 Å². The number of nitrogens with one attached hydrogen (secondary N) is 1. The molecule has 8 nitrogen and oxygen atoms in total. The molecular weight excluding hydrogens is 448 g/mol. The van der Waals surface area contributed by atoms with Gasteiger partial charge >= 0.3 is 12.1 Å². The Morgan fingerprint density at radius 1 is 1.06 bits per heavy atom. The summed E-state index contributed by atoms with van der Waals surface area (Å²) in [6.07, 6.45) is 2.02. The molecule has 1 aliphatic heterocycles. The van der Waals surface area contributed by atoms with Gasteiger partial charge in [-0.25, -0.2) is 4.79 Å². The summed E-state index contributed by atoms with van der Waals surface area (Å²) in [6.45, 7) is 0.409. The van der Waals surface area contributed by atoms with Crippen molar-refractivity contribution in [3.63, 3.8) is 0 Å². The van der Waals surface area contributed by atoms with Crippen molar-refractivity contribution < 1.29 is 29.0 Å². The number of amides is 2. The second-order valence-electron chi connectivity index (χ2n) is 9.64. The number of rotatable bonds is 7. The van der Waals surface area contributed by atoms with Crippen LogP contribution in [-0.2, 0) is 19.1 Å². The number of alkyl carbamates (subject to hydrolysis) is 1. The monoisotopic (exact) mass is 478 g/mol. The smallest absolute Gasteiger partial charge is 0.407 e. The number of carbonyl (C=O) groups excluding carboxylic acids is 2. The van der Waals surface area contributed by atoms with Crippen LogP contribution in [0, 0.1) is 11.8 Å². The topological polar surface area (TPSA) is 105 Å². The van der Waals surface area contributed by atoms with E-state index in [1.165, 1.54) is 4.90 Å². The number of carboxylic acid groups (broad SMARTS) is 1. The Hall–Kier alpha value is -3.39. The Labute approximate surface area is 204 Å². The summed E-state index contributed by atoms with van der Waals surface area (Å²) in [6, 6.07) is 14.9. The molecule has 8 heteroatoms. The Kier molecular flexibility index (Phi) is 6.47. The standard InChI is InChI=1S/C27H30N2O6/c1-29(23-15-34-13-22(23)26(31)32)25(30)24(16-7-6-8-16)28-27(33)35-14-21-19-11-4-2-9-17(19)18-10-3-5-12-20(18)21/h2-5,9-12,16,21-24H,6-8,13-15H2,1H3,(H,28,33)(H,31,32). The van der Waals surface area contributed by atoms with Gasteiger partial charge in [0.05, 0.1) is 19.3 Å². The maximum absolute atomic E-state index is 13.4. The van der Waals surface area contributed by atoms with Crippen molar-refractivity contribution in [2.45, 2.75) is 37.3 Å². The molecule has 0 bridgehead atoms. The first-order chi connectivity index (χ1) is 17.0. The SMILES string of the molecule is CN(C(=O)C(NC(=O)OCC1c2ccccc2-c2ccccc21)C1CCC1)C1COCC1C(=O)O. The summed E-state index contributed by atoms with van der Waals surface area (Å²) < 4.78 is 11.0. The summed E-state index contributed by atoms with van der Waals surface area (Å²) in [4.78, 5) is 39.2. The Morgan fingerprint density at radius 2 is 1.69 bits per heavy atom. The molecule has 0 aromatic heterocycles. The van der Waals surface area contributed by atoms with Crippen LogP contribution in [0.2, 0.25) is 0 Å². The van der Waals surface area contributed by atoms with Crippen LogP contribution in [0.3, 0.4) is 0 Å². The third kappa shape index (κ3) is 4.38. The molecule has 0 radical (unpaired) electrons. The normalized spacial score (nSPS) is 22.0. The molecule has 2 aromatic rings. The number of aliphatic carboxylic acids is 1. The van der Waals surface area contributed by atoms with E-state index in [9.17, 15) is 19.5 Å². The van der Waals surface area contributed by atoms with Crippen molar-refractivity contribution in [2.24, 2.45) is 11.8 Å². The van der Waals surface area contributed by atoms with Gasteiger partial charge < -0.3 is 24.8 Å². The van der Waals surface area contributed by atoms with Gasteiger partial charge in [0.1, 0.15) is 18.6 Å². The van der Waals surface area contributed by atoms with Gasteiger partial charge in [0.2, 0.25) is 5.91 Å². The van der Waals surface area contributed by atoms with Crippen LogP contribution >= 0.6 is 0 Å². The summed E-state index contributed by atoms with van der Waals surface area (Å²) in [7, 11) is 1.59. The third-order valence-corrected chi connectivity index (χ3v) is 7.72. The van der Waals surface area contributed by atoms with Crippen LogP contribution in [0.5, 0.6) is 0 Å². The molecule has 2 fully saturated rings. The van der Waals surface area contributed by atoms with Crippen LogP contribution in [-0.4, -0.2) is 66.9 Å². The van der Waals surface area contributed by atoms with Gasteiger partial charge in [-0.15, -0.1) is 0 Å². The van der Waals surface area contributed by atoms with Gasteiger partial charge in [-0.2, -0.15) is 0 Å². The van der Waals surface area contributed by atoms with E-state index in [1.54, 1.807) is 7.05 Å². The first kappa shape index (κ1) is 23.4. The van der Waals surface area contributed by atoms with Crippen molar-refractivity contribution >= 4 is 18.0 Å². The van der Waals surface area contributed by atoms with E-state index in [2.05, 4.69) is 29.6 Å². The summed E-state index contributed by atoms with van der Waals surface area (Å²) >= 11 is 0. The lowest BCUT2D eigenvalue weighted by atomic mass is 9.79. The van der Waals surface area contributed by atoms with Crippen molar-refractivity contribution in [3.8, 4) is 11.1 Å². The third-order valence-electron chi connectivity index (χ3n) is 7.72. The van der Waals surface area contributed by atoms with E-state index in [1.807, 2.05) is 24.3 Å². The fraction of sp³-hybridized carbons (Fsp3) is 0.444. The molecule has 184 valence electrons. The minimum Gasteiger partial charge on any atom is -0.481 e. The van der Waals surface area contributed by atoms with Crippen LogP contribution in [0.15, 0.2) is 48.5 Å². The highest BCUT2D eigenvalue weighted by Crippen LogP contribution is 2.44. The highest BCUT2D eigenvalue weighted by Gasteiger charge is 2.43. The Morgan fingerprint density at radius 3 is 2.26 bits per heavy atom. The maximum atomic E-state index is 13.4. The summed E-state index contributed by atoms with van der Waals surface area (Å²) in [5.41, 5.74) is 4.53. The summed E-state index contributed by atoms with van der Waals surface area (Å²) in [5, 5.41) is 12.3. The van der Waals surface area contributed by atoms with E-state index >= 15 is 0 Å². The average Bonchev–Trinajstić information content (AvgIpc) is 3.44. The maximum Gasteiger partial charge on any atom is 0.407 e. The van der Waals surface area contributed by atoms with E-state index in [0.29, 0.717) is 0 Å². The first-order valence-corrected chi connectivity index (χ1v) is 12.1. The van der Waals surface area contributed by atoms with Gasteiger partial charge in [0.15, 0.2) is 0 Å². The van der Waals surface area contributed by atoms with Crippen LogP contribution in [0.4, 0.5) is 4.79 Å². The van der Waals surface area contributed by atoms with E-state index in [0.717, 1.165) is 41.5 Å². The molecule has 3 aliphatic rings. The lowest BCUT2D eigenvalue weighted by Gasteiger charge is -2.37. The van der Waals surface area contributed by atoms with Gasteiger partial charge in [-0.1, -0.05) is 55.0 Å². The molecule has 3 atom stereocenters. The van der Waals surface area contributed by atoms with E-state index in [4.69, 9.17) is 9.47 Å². The lowest BCUT2D eigenvalue weighted by Crippen LogP contribution is -2.56. The van der Waals surface area contributed by atoms with Crippen LogP contribution < -0.4 is 5.32 Å². The number of hydrogen-bond acceptors (Lipinski definition) is 5. The van der Waals surface area contributed by atoms with Crippen molar-refractivity contribution in [1.82, 2.24) is 10.2 Å². The number of likely N-dealkylation sites (N-methyl/N-ethyl adjacent to an activating group) is 1. The van der Waals surface area contributed by atoms with E-state index in [-0.39, 0.29) is 37.6 Å². The highest BCUT2D eigenvalue weighted by molar-refractivity contribution is 5.87. The number of fused-ring (bicyclic) bond motifs is 3. The lowest BCUT2D eigenvalue weighted by molar-refractivity contribution is -0.145. The largest absolute Gasteiger partial charge is 0.481 e. The molecule has 1 saturated heterocycles. The quantitative estimate of drug-likeness (QED) is 0.633. The molecule has 0 spiro atoms. The number of carbonyl (C=O) groups is 3. The first-order valence-electron chi connectivity index (χ1n) is 12.1. The molecule has 35 heavy (non-hydrogen) atoms. The molecule has 1 heterocycles. The Bertz CT molecular complexity index is 1080. The molecule has 1 saturated carbocycles. The minimum atomic E-state index is -0.989. The molecule has 2 aliphatic carbocycles. The second-order valence-corrected chi connectivity index (χ2v) is 9.64. The predicted octanol–water partition coefficient (Wildman–Crippen LogP) is 3.25. The molecule has 2 aromatic carbocycles. The highest BCUT2D eigenvalue weighted by atomic mass is 16.5. The van der Waals surface area contributed by atoms with E-state index < -0.39 is 30.1 Å². The van der Waals surface area contributed by atoms with Crippen molar-refractivity contribution in [3.05, 3.63) is 59.7 Å². The summed E-state index contributed by atoms with van der Waals surface area (Å²) in [5.74, 6) is -2.13. The van der Waals surface area contributed by atoms with Crippen LogP contribution in [0.25, 0.3) is 11.1 Å². The fourth-order valence-corrected chi connectivity index (χ4v) is 5.46. The number of benzene rings is 2. The molecular formula is C27H30N2O6. The second kappa shape index (κ2) is 9.70. The van der Waals surface area contributed by atoms with Crippen LogP contribution in [0.1, 0.15) is 36.3 Å². The zero-order chi connectivity index (χ0) is 24.5. The fourth-order valence-electron chi connectivity index (χ4n) is 5.46. The molecule has 2 N–H and O–H groups in total. The van der Waals surface area contributed by atoms with Gasteiger partial charge in [0, 0.05) is 13.0 Å². The number of carboxylic acids is 1. The minimum absolute atomic E-state index is 0.0102. The van der Waals surface area contributed by atoms with Gasteiger partial charge in [-0.3, -0.25) is 9.59 Å². The Balaban J connectivity index is 1.26. The van der Waals surface area contributed by atoms with Gasteiger partial charge in [0.25, 0.3) is 0 Å².